The maximum absolute atomic E-state index is 11.2. The van der Waals surface area contributed by atoms with Crippen molar-refractivity contribution in [3.63, 3.8) is 0 Å². The van der Waals surface area contributed by atoms with Crippen molar-refractivity contribution < 1.29 is 22.7 Å². The second-order valence-electron chi connectivity index (χ2n) is 1.54. The molecule has 0 aromatic heterocycles. The van der Waals surface area contributed by atoms with Crippen molar-refractivity contribution in [3.05, 3.63) is 0 Å². The molecule has 56 valence electrons. The van der Waals surface area contributed by atoms with Crippen LogP contribution in [0.25, 0.3) is 0 Å². The quantitative estimate of drug-likeness (QED) is 0.581. The highest BCUT2D eigenvalue weighted by atomic mass is 19.4. The van der Waals surface area contributed by atoms with Gasteiger partial charge >= 0.3 is 6.18 Å². The van der Waals surface area contributed by atoms with Crippen LogP contribution in [0.4, 0.5) is 17.6 Å². The van der Waals surface area contributed by atoms with Gasteiger partial charge in [-0.3, -0.25) is 4.39 Å². The van der Waals surface area contributed by atoms with E-state index in [1.807, 2.05) is 0 Å². The molecular formula is C4H6F4O. The van der Waals surface area contributed by atoms with E-state index in [1.165, 1.54) is 0 Å². The molecule has 0 heterocycles. The van der Waals surface area contributed by atoms with Crippen LogP contribution in [0.1, 0.15) is 6.42 Å². The summed E-state index contributed by atoms with van der Waals surface area (Å²) in [5, 5.41) is 8.02. The summed E-state index contributed by atoms with van der Waals surface area (Å²) in [7, 11) is 0. The Hall–Kier alpha value is -0.320. The van der Waals surface area contributed by atoms with Crippen LogP contribution in [0.2, 0.25) is 0 Å². The second-order valence-corrected chi connectivity index (χ2v) is 1.54. The lowest BCUT2D eigenvalue weighted by molar-refractivity contribution is -0.206. The molecule has 1 nitrogen and oxygen atoms in total. The number of alkyl halides is 4. The summed E-state index contributed by atoms with van der Waals surface area (Å²) in [6.07, 6.45) is -8.06. The third-order valence-electron chi connectivity index (χ3n) is 0.760. The summed E-state index contributed by atoms with van der Waals surface area (Å²) in [6.45, 7) is -1.15. The molecule has 0 aliphatic rings. The minimum atomic E-state index is -4.67. The highest BCUT2D eigenvalue weighted by molar-refractivity contribution is 4.63. The van der Waals surface area contributed by atoms with Gasteiger partial charge in [0.05, 0.1) is 6.67 Å². The van der Waals surface area contributed by atoms with Crippen molar-refractivity contribution in [2.45, 2.75) is 18.7 Å². The molecule has 0 bridgehead atoms. The Kier molecular flexibility index (Phi) is 2.90. The van der Waals surface area contributed by atoms with E-state index in [4.69, 9.17) is 5.11 Å². The largest absolute Gasteiger partial charge is 0.414 e. The number of halogens is 4. The van der Waals surface area contributed by atoms with Gasteiger partial charge in [-0.15, -0.1) is 0 Å². The Morgan fingerprint density at radius 3 is 1.89 bits per heavy atom. The topological polar surface area (TPSA) is 20.2 Å². The van der Waals surface area contributed by atoms with Crippen LogP contribution in [-0.4, -0.2) is 24.1 Å². The minimum absolute atomic E-state index is 0.872. The molecule has 0 saturated carbocycles. The van der Waals surface area contributed by atoms with Crippen molar-refractivity contribution >= 4 is 0 Å². The first kappa shape index (κ1) is 8.68. The van der Waals surface area contributed by atoms with E-state index < -0.39 is 25.4 Å². The van der Waals surface area contributed by atoms with E-state index >= 15 is 0 Å². The zero-order chi connectivity index (χ0) is 7.49. The van der Waals surface area contributed by atoms with Crippen LogP contribution in [0.5, 0.6) is 0 Å². The van der Waals surface area contributed by atoms with Crippen molar-refractivity contribution in [2.24, 2.45) is 0 Å². The number of hydrogen-bond acceptors (Lipinski definition) is 1. The van der Waals surface area contributed by atoms with Crippen LogP contribution in [0.3, 0.4) is 0 Å². The molecule has 0 spiro atoms. The SMILES string of the molecule is O[C@H](CCF)C(F)(F)F. The summed E-state index contributed by atoms with van der Waals surface area (Å²) in [5.41, 5.74) is 0. The van der Waals surface area contributed by atoms with E-state index in [2.05, 4.69) is 0 Å². The van der Waals surface area contributed by atoms with Crippen molar-refractivity contribution in [1.29, 1.82) is 0 Å². The average molecular weight is 146 g/mol. The standard InChI is InChI=1S/C4H6F4O/c5-2-1-3(9)4(6,7)8/h3,9H,1-2H2/t3-/m1/s1. The van der Waals surface area contributed by atoms with E-state index in [1.54, 1.807) is 0 Å². The van der Waals surface area contributed by atoms with Gasteiger partial charge in [0, 0.05) is 6.42 Å². The van der Waals surface area contributed by atoms with Crippen LogP contribution in [-0.2, 0) is 0 Å². The molecule has 0 amide bonds. The highest BCUT2D eigenvalue weighted by Gasteiger charge is 2.37. The van der Waals surface area contributed by atoms with Gasteiger partial charge in [0.25, 0.3) is 0 Å². The molecule has 9 heavy (non-hydrogen) atoms. The van der Waals surface area contributed by atoms with Gasteiger partial charge in [-0.25, -0.2) is 0 Å². The maximum atomic E-state index is 11.2. The van der Waals surface area contributed by atoms with Gasteiger partial charge in [-0.2, -0.15) is 13.2 Å². The Balaban J connectivity index is 3.59. The monoisotopic (exact) mass is 146 g/mol. The normalized spacial score (nSPS) is 15.7. The fourth-order valence-corrected chi connectivity index (χ4v) is 0.267. The molecule has 0 aliphatic carbocycles. The van der Waals surface area contributed by atoms with Gasteiger partial charge in [0.15, 0.2) is 6.10 Å². The molecule has 0 saturated heterocycles. The molecule has 5 heteroatoms. The Bertz CT molecular complexity index is 79.1. The maximum Gasteiger partial charge on any atom is 0.414 e. The van der Waals surface area contributed by atoms with Crippen LogP contribution < -0.4 is 0 Å². The van der Waals surface area contributed by atoms with E-state index in [-0.39, 0.29) is 0 Å². The number of aliphatic hydroxyl groups is 1. The molecule has 0 rings (SSSR count). The summed E-state index contributed by atoms with van der Waals surface area (Å²) >= 11 is 0. The molecule has 1 N–H and O–H groups in total. The smallest absolute Gasteiger partial charge is 0.384 e. The predicted molar refractivity (Wildman–Crippen MR) is 22.7 cm³/mol. The molecule has 1 atom stereocenters. The van der Waals surface area contributed by atoms with Crippen LogP contribution in [0.15, 0.2) is 0 Å². The van der Waals surface area contributed by atoms with Gasteiger partial charge in [-0.1, -0.05) is 0 Å². The third-order valence-corrected chi connectivity index (χ3v) is 0.760. The highest BCUT2D eigenvalue weighted by Crippen LogP contribution is 2.21. The van der Waals surface area contributed by atoms with Gasteiger partial charge in [0.2, 0.25) is 0 Å². The minimum Gasteiger partial charge on any atom is -0.384 e. The van der Waals surface area contributed by atoms with E-state index in [0.29, 0.717) is 0 Å². The fraction of sp³-hybridized carbons (Fsp3) is 1.00. The summed E-state index contributed by atoms with van der Waals surface area (Å²) in [4.78, 5) is 0. The number of aliphatic hydroxyl groups excluding tert-OH is 1. The lowest BCUT2D eigenvalue weighted by Crippen LogP contribution is -2.28. The molecule has 0 radical (unpaired) electrons. The first-order valence-corrected chi connectivity index (χ1v) is 2.29. The van der Waals surface area contributed by atoms with Crippen molar-refractivity contribution in [2.75, 3.05) is 6.67 Å². The van der Waals surface area contributed by atoms with Crippen molar-refractivity contribution in [1.82, 2.24) is 0 Å². The predicted octanol–water partition coefficient (Wildman–Crippen LogP) is 1.27. The van der Waals surface area contributed by atoms with E-state index in [0.717, 1.165) is 0 Å². The lowest BCUT2D eigenvalue weighted by Gasteiger charge is -2.11. The molecule has 0 unspecified atom stereocenters. The first-order chi connectivity index (χ1) is 3.98. The number of hydrogen-bond donors (Lipinski definition) is 1. The van der Waals surface area contributed by atoms with Crippen molar-refractivity contribution in [3.8, 4) is 0 Å². The van der Waals surface area contributed by atoms with Crippen LogP contribution in [0, 0.1) is 0 Å². The molecule has 0 aromatic rings. The van der Waals surface area contributed by atoms with Gasteiger partial charge in [0.1, 0.15) is 0 Å². The summed E-state index contributed by atoms with van der Waals surface area (Å²) in [5.74, 6) is 0. The molecular weight excluding hydrogens is 140 g/mol. The summed E-state index contributed by atoms with van der Waals surface area (Å²) in [6, 6.07) is 0. The zero-order valence-corrected chi connectivity index (χ0v) is 4.45. The lowest BCUT2D eigenvalue weighted by atomic mass is 10.3. The molecule has 0 aliphatic heterocycles. The second kappa shape index (κ2) is 3.00. The van der Waals surface area contributed by atoms with E-state index in [9.17, 15) is 17.6 Å². The molecule has 0 aromatic carbocycles. The van der Waals surface area contributed by atoms with Crippen LogP contribution >= 0.6 is 0 Å². The average Bonchev–Trinajstić information content (AvgIpc) is 1.64. The Labute approximate surface area is 49.3 Å². The Morgan fingerprint density at radius 1 is 1.33 bits per heavy atom. The zero-order valence-electron chi connectivity index (χ0n) is 4.45. The Morgan fingerprint density at radius 2 is 1.78 bits per heavy atom. The fourth-order valence-electron chi connectivity index (χ4n) is 0.267. The summed E-state index contributed by atoms with van der Waals surface area (Å²) < 4.78 is 44.8. The third kappa shape index (κ3) is 3.29. The van der Waals surface area contributed by atoms with Gasteiger partial charge < -0.3 is 5.11 Å². The number of rotatable bonds is 2. The first-order valence-electron chi connectivity index (χ1n) is 2.29. The molecule has 0 fully saturated rings. The van der Waals surface area contributed by atoms with Gasteiger partial charge in [-0.05, 0) is 0 Å².